The number of hydrogen-bond acceptors (Lipinski definition) is 6. The summed E-state index contributed by atoms with van der Waals surface area (Å²) in [5.41, 5.74) is 0.312. The molecule has 0 spiro atoms. The van der Waals surface area contributed by atoms with Crippen molar-refractivity contribution in [2.45, 2.75) is 12.6 Å². The van der Waals surface area contributed by atoms with Crippen molar-refractivity contribution >= 4 is 6.08 Å². The minimum absolute atomic E-state index is 0.105. The number of methoxy groups -OCH3 is 1. The van der Waals surface area contributed by atoms with Crippen LogP contribution in [-0.2, 0) is 4.74 Å². The molecule has 0 unspecified atom stereocenters. The Hall–Kier alpha value is -3.53. The lowest BCUT2D eigenvalue weighted by molar-refractivity contribution is -0.0512. The monoisotopic (exact) mass is 332 g/mol. The van der Waals surface area contributed by atoms with Crippen molar-refractivity contribution in [3.63, 3.8) is 0 Å². The molecule has 0 saturated carbocycles. The predicted octanol–water partition coefficient (Wildman–Crippen LogP) is 2.83. The maximum Gasteiger partial charge on any atom is 0.165 e. The summed E-state index contributed by atoms with van der Waals surface area (Å²) in [5.74, 6) is 0.105. The molecular weight excluding hydrogens is 316 g/mol. The normalized spacial score (nSPS) is 19.7. The Kier molecular flexibility index (Phi) is 4.94. The number of ether oxygens (including phenoxy) is 1. The number of hydrogen-bond donors (Lipinski definition) is 1. The Bertz CT molecular complexity index is 906. The largest absolute Gasteiger partial charge is 0.507 e. The summed E-state index contributed by atoms with van der Waals surface area (Å²) in [7, 11) is 3.15. The lowest BCUT2D eigenvalue weighted by Crippen LogP contribution is -2.42. The van der Waals surface area contributed by atoms with Crippen LogP contribution >= 0.6 is 0 Å². The Morgan fingerprint density at radius 2 is 1.84 bits per heavy atom. The number of aromatic hydroxyl groups is 1. The van der Waals surface area contributed by atoms with Gasteiger partial charge in [0.25, 0.3) is 0 Å². The minimum Gasteiger partial charge on any atom is -0.507 e. The van der Waals surface area contributed by atoms with Crippen molar-refractivity contribution in [1.29, 1.82) is 15.8 Å². The average Bonchev–Trinajstić information content (AvgIpc) is 2.84. The van der Waals surface area contributed by atoms with Gasteiger partial charge in [0.05, 0.1) is 11.3 Å². The fourth-order valence-electron chi connectivity index (χ4n) is 2.74. The second-order valence-electron chi connectivity index (χ2n) is 5.49. The van der Waals surface area contributed by atoms with Crippen LogP contribution in [0.4, 0.5) is 0 Å². The van der Waals surface area contributed by atoms with Crippen molar-refractivity contribution in [2.75, 3.05) is 14.2 Å². The first-order valence-electron chi connectivity index (χ1n) is 7.39. The van der Waals surface area contributed by atoms with Crippen molar-refractivity contribution in [2.24, 2.45) is 0 Å². The maximum absolute atomic E-state index is 9.89. The molecule has 0 amide bonds. The van der Waals surface area contributed by atoms with E-state index in [4.69, 9.17) is 4.74 Å². The van der Waals surface area contributed by atoms with E-state index in [1.807, 2.05) is 12.1 Å². The molecular formula is C19H16N4O2. The van der Waals surface area contributed by atoms with Gasteiger partial charge in [0.15, 0.2) is 11.3 Å². The van der Waals surface area contributed by atoms with E-state index in [0.717, 1.165) is 0 Å². The number of likely N-dealkylation sites (N-methyl/N-ethyl adjacent to an activating group) is 1. The molecule has 0 fully saturated rings. The number of para-hydroxylation sites is 1. The molecule has 1 aromatic rings. The molecule has 1 aliphatic rings. The van der Waals surface area contributed by atoms with Gasteiger partial charge in [-0.3, -0.25) is 0 Å². The van der Waals surface area contributed by atoms with Crippen molar-refractivity contribution in [3.05, 3.63) is 58.3 Å². The number of nitriles is 3. The molecule has 1 aliphatic heterocycles. The fraction of sp³-hybridized carbons (Fsp3) is 0.211. The van der Waals surface area contributed by atoms with Crippen LogP contribution in [0.15, 0.2) is 52.8 Å². The maximum atomic E-state index is 9.89. The van der Waals surface area contributed by atoms with E-state index in [9.17, 15) is 20.9 Å². The molecule has 124 valence electrons. The first kappa shape index (κ1) is 17.8. The Balaban J connectivity index is 2.71. The van der Waals surface area contributed by atoms with Gasteiger partial charge in [0.1, 0.15) is 24.0 Å². The summed E-state index contributed by atoms with van der Waals surface area (Å²) in [6.45, 7) is 1.74. The standard InChI is InChI=1S/C19H16N4O2/c1-19(25-3)16(9-8-13-6-4-5-7-17(13)24)15(12-22)18(23(19)2)14(10-20)11-21/h4-9,24H,1-3H3/b9-8+/t19-/m0/s1. The molecule has 0 bridgehead atoms. The summed E-state index contributed by atoms with van der Waals surface area (Å²) in [5, 5.41) is 37.9. The molecule has 0 saturated heterocycles. The summed E-state index contributed by atoms with van der Waals surface area (Å²) >= 11 is 0. The summed E-state index contributed by atoms with van der Waals surface area (Å²) in [4.78, 5) is 1.60. The van der Waals surface area contributed by atoms with Gasteiger partial charge in [-0.15, -0.1) is 0 Å². The van der Waals surface area contributed by atoms with Gasteiger partial charge < -0.3 is 14.7 Å². The molecule has 0 aliphatic carbocycles. The Morgan fingerprint density at radius 3 is 2.36 bits per heavy atom. The third-order valence-corrected chi connectivity index (χ3v) is 4.32. The number of rotatable bonds is 3. The molecule has 1 aromatic carbocycles. The summed E-state index contributed by atoms with van der Waals surface area (Å²) < 4.78 is 5.59. The van der Waals surface area contributed by atoms with Gasteiger partial charge in [0.2, 0.25) is 0 Å². The van der Waals surface area contributed by atoms with Crippen LogP contribution in [0.25, 0.3) is 6.08 Å². The Morgan fingerprint density at radius 1 is 1.20 bits per heavy atom. The SMILES string of the molecule is CO[C@@]1(C)C(/C=C/c2ccccc2O)=C(C#N)C(=C(C#N)C#N)N1C. The molecule has 2 rings (SSSR count). The number of allylic oxidation sites excluding steroid dienone is 2. The van der Waals surface area contributed by atoms with Crippen LogP contribution in [0.2, 0.25) is 0 Å². The topological polar surface area (TPSA) is 104 Å². The third-order valence-electron chi connectivity index (χ3n) is 4.32. The first-order valence-corrected chi connectivity index (χ1v) is 7.39. The van der Waals surface area contributed by atoms with E-state index < -0.39 is 5.72 Å². The molecule has 1 atom stereocenters. The van der Waals surface area contributed by atoms with Gasteiger partial charge >= 0.3 is 0 Å². The molecule has 0 aromatic heterocycles. The van der Waals surface area contributed by atoms with Gasteiger partial charge in [-0.2, -0.15) is 15.8 Å². The lowest BCUT2D eigenvalue weighted by atomic mass is 10.00. The van der Waals surface area contributed by atoms with Crippen molar-refractivity contribution in [1.82, 2.24) is 4.90 Å². The fourth-order valence-corrected chi connectivity index (χ4v) is 2.74. The number of benzene rings is 1. The second kappa shape index (κ2) is 6.93. The molecule has 6 nitrogen and oxygen atoms in total. The zero-order valence-electron chi connectivity index (χ0n) is 14.1. The van der Waals surface area contributed by atoms with Crippen molar-refractivity contribution in [3.8, 4) is 24.0 Å². The molecule has 25 heavy (non-hydrogen) atoms. The first-order chi connectivity index (χ1) is 11.9. The third kappa shape index (κ3) is 2.85. The van der Waals surface area contributed by atoms with Crippen molar-refractivity contribution < 1.29 is 9.84 Å². The van der Waals surface area contributed by atoms with Gasteiger partial charge in [-0.1, -0.05) is 30.4 Å². The van der Waals surface area contributed by atoms with Gasteiger partial charge in [-0.05, 0) is 13.0 Å². The van der Waals surface area contributed by atoms with Crippen LogP contribution in [0.5, 0.6) is 5.75 Å². The van der Waals surface area contributed by atoms with E-state index in [2.05, 4.69) is 6.07 Å². The highest BCUT2D eigenvalue weighted by Gasteiger charge is 2.45. The molecule has 1 heterocycles. The number of phenols is 1. The van der Waals surface area contributed by atoms with Crippen LogP contribution in [-0.4, -0.2) is 29.9 Å². The zero-order chi connectivity index (χ0) is 18.6. The van der Waals surface area contributed by atoms with Crippen LogP contribution in [0.3, 0.4) is 0 Å². The van der Waals surface area contributed by atoms with E-state index in [1.165, 1.54) is 7.11 Å². The van der Waals surface area contributed by atoms with E-state index in [-0.39, 0.29) is 22.6 Å². The smallest absolute Gasteiger partial charge is 0.165 e. The molecule has 0 radical (unpaired) electrons. The second-order valence-corrected chi connectivity index (χ2v) is 5.49. The number of phenolic OH excluding ortho intramolecular Hbond substituents is 1. The van der Waals surface area contributed by atoms with E-state index in [0.29, 0.717) is 11.1 Å². The summed E-state index contributed by atoms with van der Waals surface area (Å²) in [6.07, 6.45) is 3.32. The van der Waals surface area contributed by atoms with Gasteiger partial charge in [-0.25, -0.2) is 0 Å². The lowest BCUT2D eigenvalue weighted by Gasteiger charge is -2.34. The molecule has 1 N–H and O–H groups in total. The van der Waals surface area contributed by atoms with Gasteiger partial charge in [0, 0.05) is 25.3 Å². The summed E-state index contributed by atoms with van der Waals surface area (Å²) in [6, 6.07) is 12.5. The van der Waals surface area contributed by atoms with Crippen LogP contribution < -0.4 is 0 Å². The number of nitrogens with zero attached hydrogens (tertiary/aromatic N) is 4. The highest BCUT2D eigenvalue weighted by atomic mass is 16.5. The van der Waals surface area contributed by atoms with Crippen LogP contribution in [0.1, 0.15) is 12.5 Å². The Labute approximate surface area is 146 Å². The van der Waals surface area contributed by atoms with E-state index in [1.54, 1.807) is 55.3 Å². The highest BCUT2D eigenvalue weighted by molar-refractivity contribution is 5.67. The minimum atomic E-state index is -1.03. The van der Waals surface area contributed by atoms with E-state index >= 15 is 0 Å². The average molecular weight is 332 g/mol. The predicted molar refractivity (Wildman–Crippen MR) is 91.2 cm³/mol. The quantitative estimate of drug-likeness (QED) is 0.854. The molecule has 6 heteroatoms. The zero-order valence-corrected chi connectivity index (χ0v) is 14.1. The van der Waals surface area contributed by atoms with Crippen LogP contribution in [0, 0.1) is 34.0 Å². The highest BCUT2D eigenvalue weighted by Crippen LogP contribution is 2.42.